The summed E-state index contributed by atoms with van der Waals surface area (Å²) in [6.45, 7) is 0. The fourth-order valence-electron chi connectivity index (χ4n) is 2.20. The lowest BCUT2D eigenvalue weighted by atomic mass is 10.1. The Bertz CT molecular complexity index is 843. The zero-order chi connectivity index (χ0) is 17.6. The van der Waals surface area contributed by atoms with Crippen LogP contribution in [-0.4, -0.2) is 19.4 Å². The van der Waals surface area contributed by atoms with E-state index < -0.39 is 21.0 Å². The Labute approximate surface area is 139 Å². The number of rotatable bonds is 7. The van der Waals surface area contributed by atoms with Crippen molar-refractivity contribution in [3.8, 4) is 6.07 Å². The van der Waals surface area contributed by atoms with Crippen molar-refractivity contribution in [1.82, 2.24) is 4.72 Å². The number of nitriles is 1. The molecule has 124 valence electrons. The molecule has 24 heavy (non-hydrogen) atoms. The summed E-state index contributed by atoms with van der Waals surface area (Å²) >= 11 is 0. The molecule has 0 bridgehead atoms. The van der Waals surface area contributed by atoms with Crippen LogP contribution in [0.15, 0.2) is 59.5 Å². The maximum atomic E-state index is 12.4. The van der Waals surface area contributed by atoms with Gasteiger partial charge in [-0.05, 0) is 24.1 Å². The van der Waals surface area contributed by atoms with Crippen molar-refractivity contribution in [1.29, 1.82) is 5.26 Å². The van der Waals surface area contributed by atoms with Crippen LogP contribution in [-0.2, 0) is 16.4 Å². The summed E-state index contributed by atoms with van der Waals surface area (Å²) in [5.41, 5.74) is 0.718. The molecule has 8 heteroatoms. The van der Waals surface area contributed by atoms with E-state index in [9.17, 15) is 18.5 Å². The minimum atomic E-state index is -3.87. The predicted octanol–water partition coefficient (Wildman–Crippen LogP) is 2.40. The van der Waals surface area contributed by atoms with Crippen molar-refractivity contribution in [2.24, 2.45) is 0 Å². The second kappa shape index (κ2) is 7.68. The van der Waals surface area contributed by atoms with Gasteiger partial charge in [-0.15, -0.1) is 0 Å². The van der Waals surface area contributed by atoms with E-state index in [0.29, 0.717) is 6.42 Å². The van der Waals surface area contributed by atoms with Crippen LogP contribution in [0.25, 0.3) is 0 Å². The number of nitro benzene ring substituents is 1. The Kier molecular flexibility index (Phi) is 5.63. The molecule has 0 fully saturated rings. The molecule has 0 saturated heterocycles. The number of hydrogen-bond acceptors (Lipinski definition) is 5. The molecule has 0 aliphatic carbocycles. The molecule has 0 radical (unpaired) electrons. The minimum absolute atomic E-state index is 0.0150. The largest absolute Gasteiger partial charge is 0.269 e. The summed E-state index contributed by atoms with van der Waals surface area (Å²) in [5.74, 6) is 0. The average molecular weight is 345 g/mol. The third kappa shape index (κ3) is 4.62. The fourth-order valence-corrected chi connectivity index (χ4v) is 3.43. The maximum absolute atomic E-state index is 12.4. The van der Waals surface area contributed by atoms with Crippen molar-refractivity contribution < 1.29 is 13.3 Å². The van der Waals surface area contributed by atoms with E-state index >= 15 is 0 Å². The van der Waals surface area contributed by atoms with Crippen LogP contribution < -0.4 is 4.72 Å². The Morgan fingerprint density at radius 3 is 2.29 bits per heavy atom. The van der Waals surface area contributed by atoms with Gasteiger partial charge in [-0.1, -0.05) is 30.3 Å². The van der Waals surface area contributed by atoms with E-state index in [2.05, 4.69) is 4.72 Å². The summed E-state index contributed by atoms with van der Waals surface area (Å²) in [4.78, 5) is 9.95. The van der Waals surface area contributed by atoms with Crippen LogP contribution in [0.2, 0.25) is 0 Å². The smallest absolute Gasteiger partial charge is 0.258 e. The molecule has 2 aromatic carbocycles. The summed E-state index contributed by atoms with van der Waals surface area (Å²) in [5, 5.41) is 19.6. The van der Waals surface area contributed by atoms with Gasteiger partial charge in [0.15, 0.2) is 0 Å². The number of hydrogen-bond donors (Lipinski definition) is 1. The van der Waals surface area contributed by atoms with Gasteiger partial charge < -0.3 is 0 Å². The molecule has 7 nitrogen and oxygen atoms in total. The Hall–Kier alpha value is -2.76. The van der Waals surface area contributed by atoms with E-state index in [-0.39, 0.29) is 17.0 Å². The molecule has 0 spiro atoms. The molecular weight excluding hydrogens is 330 g/mol. The van der Waals surface area contributed by atoms with Gasteiger partial charge in [-0.2, -0.15) is 5.26 Å². The van der Waals surface area contributed by atoms with Crippen LogP contribution in [0.4, 0.5) is 5.69 Å². The minimum Gasteiger partial charge on any atom is -0.258 e. The van der Waals surface area contributed by atoms with Crippen LogP contribution in [0.5, 0.6) is 0 Å². The van der Waals surface area contributed by atoms with Crippen LogP contribution in [0.3, 0.4) is 0 Å². The van der Waals surface area contributed by atoms with Crippen molar-refractivity contribution >= 4 is 15.7 Å². The van der Waals surface area contributed by atoms with E-state index in [1.165, 1.54) is 12.1 Å². The topological polar surface area (TPSA) is 113 Å². The highest BCUT2D eigenvalue weighted by Gasteiger charge is 2.21. The fraction of sp³-hybridized carbons (Fsp3) is 0.188. The highest BCUT2D eigenvalue weighted by atomic mass is 32.2. The highest BCUT2D eigenvalue weighted by Crippen LogP contribution is 2.17. The molecule has 0 heterocycles. The van der Waals surface area contributed by atoms with Crippen molar-refractivity contribution in [3.63, 3.8) is 0 Å². The molecule has 0 unspecified atom stereocenters. The summed E-state index contributed by atoms with van der Waals surface area (Å²) < 4.78 is 27.3. The van der Waals surface area contributed by atoms with Gasteiger partial charge in [0.2, 0.25) is 10.0 Å². The van der Waals surface area contributed by atoms with E-state index in [4.69, 9.17) is 5.26 Å². The second-order valence-electron chi connectivity index (χ2n) is 5.12. The van der Waals surface area contributed by atoms with E-state index in [1.807, 2.05) is 36.4 Å². The zero-order valence-corrected chi connectivity index (χ0v) is 13.4. The van der Waals surface area contributed by atoms with E-state index in [1.54, 1.807) is 0 Å². The predicted molar refractivity (Wildman–Crippen MR) is 87.6 cm³/mol. The monoisotopic (exact) mass is 345 g/mol. The summed E-state index contributed by atoms with van der Waals surface area (Å²) in [6.07, 6.45) is 0.391. The molecular formula is C16H15N3O4S. The van der Waals surface area contributed by atoms with Crippen molar-refractivity contribution in [3.05, 3.63) is 70.3 Å². The lowest BCUT2D eigenvalue weighted by Gasteiger charge is -2.16. The number of benzene rings is 2. The quantitative estimate of drug-likeness (QED) is 0.611. The molecule has 0 saturated carbocycles. The maximum Gasteiger partial charge on any atom is 0.269 e. The standard InChI is InChI=1S/C16H15N3O4S/c17-11-10-14(12-13-4-2-1-3-5-13)18-24(22,23)16-8-6-15(7-9-16)19(20)21/h1-9,14,18H,10,12H2/t14-/m1/s1. The second-order valence-corrected chi connectivity index (χ2v) is 6.84. The first-order valence-electron chi connectivity index (χ1n) is 7.10. The van der Waals surface area contributed by atoms with Gasteiger partial charge in [-0.25, -0.2) is 13.1 Å². The SMILES string of the molecule is N#CC[C@H](Cc1ccccc1)NS(=O)(=O)c1ccc([N+](=O)[O-])cc1. The van der Waals surface area contributed by atoms with Gasteiger partial charge in [-0.3, -0.25) is 10.1 Å². The van der Waals surface area contributed by atoms with Gasteiger partial charge in [0.1, 0.15) is 0 Å². The molecule has 0 amide bonds. The third-order valence-corrected chi connectivity index (χ3v) is 4.88. The highest BCUT2D eigenvalue weighted by molar-refractivity contribution is 7.89. The van der Waals surface area contributed by atoms with Crippen LogP contribution >= 0.6 is 0 Å². The first-order chi connectivity index (χ1) is 11.4. The zero-order valence-electron chi connectivity index (χ0n) is 12.6. The van der Waals surface area contributed by atoms with Crippen LogP contribution in [0, 0.1) is 21.4 Å². The first-order valence-corrected chi connectivity index (χ1v) is 8.58. The number of nitrogens with one attached hydrogen (secondary N) is 1. The number of nitrogens with zero attached hydrogens (tertiary/aromatic N) is 2. The molecule has 2 rings (SSSR count). The van der Waals surface area contributed by atoms with Crippen LogP contribution in [0.1, 0.15) is 12.0 Å². The van der Waals surface area contributed by atoms with Gasteiger partial charge in [0.05, 0.1) is 22.3 Å². The molecule has 1 atom stereocenters. The van der Waals surface area contributed by atoms with Crippen molar-refractivity contribution in [2.45, 2.75) is 23.8 Å². The first kappa shape index (κ1) is 17.6. The van der Waals surface area contributed by atoms with Gasteiger partial charge in [0, 0.05) is 18.2 Å². The third-order valence-electron chi connectivity index (χ3n) is 3.34. The Balaban J connectivity index is 2.17. The average Bonchev–Trinajstić information content (AvgIpc) is 2.56. The normalized spacial score (nSPS) is 12.3. The Morgan fingerprint density at radius 2 is 1.75 bits per heavy atom. The van der Waals surface area contributed by atoms with E-state index in [0.717, 1.165) is 17.7 Å². The number of non-ortho nitro benzene ring substituents is 1. The van der Waals surface area contributed by atoms with Gasteiger partial charge >= 0.3 is 0 Å². The Morgan fingerprint density at radius 1 is 1.12 bits per heavy atom. The lowest BCUT2D eigenvalue weighted by molar-refractivity contribution is -0.384. The molecule has 1 N–H and O–H groups in total. The lowest BCUT2D eigenvalue weighted by Crippen LogP contribution is -2.36. The van der Waals surface area contributed by atoms with Crippen molar-refractivity contribution in [2.75, 3.05) is 0 Å². The molecule has 0 aliphatic rings. The van der Waals surface area contributed by atoms with Gasteiger partial charge in [0.25, 0.3) is 5.69 Å². The number of sulfonamides is 1. The summed E-state index contributed by atoms with van der Waals surface area (Å²) in [6, 6.07) is 15.2. The molecule has 0 aliphatic heterocycles. The molecule has 0 aromatic heterocycles. The number of nitro groups is 1. The summed E-state index contributed by atoms with van der Waals surface area (Å²) in [7, 11) is -3.87. The molecule has 2 aromatic rings.